The smallest absolute Gasteiger partial charge is 0.410 e. The maximum absolute atomic E-state index is 12.0. The van der Waals surface area contributed by atoms with Gasteiger partial charge in [0.2, 0.25) is 0 Å². The van der Waals surface area contributed by atoms with Crippen molar-refractivity contribution < 1.29 is 9.53 Å². The van der Waals surface area contributed by atoms with Gasteiger partial charge in [-0.3, -0.25) is 0 Å². The summed E-state index contributed by atoms with van der Waals surface area (Å²) in [7, 11) is 0. The predicted octanol–water partition coefficient (Wildman–Crippen LogP) is 2.67. The van der Waals surface area contributed by atoms with E-state index in [9.17, 15) is 4.79 Å². The Morgan fingerprint density at radius 3 is 2.75 bits per heavy atom. The molecule has 0 radical (unpaired) electrons. The molecule has 2 rings (SSSR count). The van der Waals surface area contributed by atoms with Crippen LogP contribution in [0.1, 0.15) is 19.4 Å². The fraction of sp³-hybridized carbons (Fsp3) is 0.533. The minimum Gasteiger partial charge on any atom is -0.445 e. The number of nitrogens with one attached hydrogen (secondary N) is 1. The summed E-state index contributed by atoms with van der Waals surface area (Å²) < 4.78 is 5.35. The number of benzene rings is 1. The van der Waals surface area contributed by atoms with Gasteiger partial charge in [0.25, 0.3) is 0 Å². The minimum absolute atomic E-state index is 0. The zero-order valence-electron chi connectivity index (χ0n) is 12.0. The van der Waals surface area contributed by atoms with E-state index >= 15 is 0 Å². The lowest BCUT2D eigenvalue weighted by Crippen LogP contribution is -2.54. The van der Waals surface area contributed by atoms with Crippen molar-refractivity contribution in [2.45, 2.75) is 26.5 Å². The second-order valence-electron chi connectivity index (χ2n) is 5.29. The van der Waals surface area contributed by atoms with Crippen molar-refractivity contribution in [3.8, 4) is 0 Å². The van der Waals surface area contributed by atoms with Gasteiger partial charge < -0.3 is 15.0 Å². The van der Waals surface area contributed by atoms with Crippen molar-refractivity contribution in [2.24, 2.45) is 5.92 Å². The number of rotatable bonds is 3. The monoisotopic (exact) mass is 298 g/mol. The first-order chi connectivity index (χ1) is 9.16. The fourth-order valence-corrected chi connectivity index (χ4v) is 2.20. The summed E-state index contributed by atoms with van der Waals surface area (Å²) in [5.74, 6) is 0.518. The first-order valence-electron chi connectivity index (χ1n) is 6.86. The first-order valence-corrected chi connectivity index (χ1v) is 6.86. The van der Waals surface area contributed by atoms with E-state index in [0.29, 0.717) is 18.6 Å². The zero-order chi connectivity index (χ0) is 13.7. The number of piperazine rings is 1. The van der Waals surface area contributed by atoms with Crippen LogP contribution >= 0.6 is 12.4 Å². The highest BCUT2D eigenvalue weighted by Crippen LogP contribution is 2.10. The standard InChI is InChI=1S/C15H22N2O2.ClH/c1-12(2)14-10-17(9-8-16-14)15(18)19-11-13-6-4-3-5-7-13;/h3-7,12,14,16H,8-11H2,1-2H3;1H. The van der Waals surface area contributed by atoms with Gasteiger partial charge in [0.05, 0.1) is 0 Å². The van der Waals surface area contributed by atoms with Crippen LogP contribution in [-0.4, -0.2) is 36.7 Å². The van der Waals surface area contributed by atoms with Crippen LogP contribution in [0, 0.1) is 5.92 Å². The summed E-state index contributed by atoms with van der Waals surface area (Å²) in [6.07, 6.45) is -0.212. The molecule has 1 saturated heterocycles. The molecule has 1 heterocycles. The quantitative estimate of drug-likeness (QED) is 0.933. The molecule has 1 fully saturated rings. The Kier molecular flexibility index (Phi) is 6.82. The third-order valence-electron chi connectivity index (χ3n) is 3.47. The van der Waals surface area contributed by atoms with Crippen molar-refractivity contribution in [1.29, 1.82) is 0 Å². The van der Waals surface area contributed by atoms with Gasteiger partial charge in [0.1, 0.15) is 6.61 Å². The van der Waals surface area contributed by atoms with Gasteiger partial charge in [0, 0.05) is 25.7 Å². The van der Waals surface area contributed by atoms with Gasteiger partial charge in [-0.15, -0.1) is 12.4 Å². The molecule has 0 bridgehead atoms. The topological polar surface area (TPSA) is 41.6 Å². The molecule has 0 aromatic heterocycles. The van der Waals surface area contributed by atoms with E-state index in [2.05, 4.69) is 19.2 Å². The molecule has 0 spiro atoms. The van der Waals surface area contributed by atoms with Gasteiger partial charge >= 0.3 is 6.09 Å². The SMILES string of the molecule is CC(C)C1CN(C(=O)OCc2ccccc2)CCN1.Cl. The molecule has 1 aliphatic rings. The number of nitrogens with zero attached hydrogens (tertiary/aromatic N) is 1. The van der Waals surface area contributed by atoms with E-state index < -0.39 is 0 Å². The second kappa shape index (κ2) is 8.12. The highest BCUT2D eigenvalue weighted by Gasteiger charge is 2.25. The highest BCUT2D eigenvalue weighted by atomic mass is 35.5. The van der Waals surface area contributed by atoms with Gasteiger partial charge in [0.15, 0.2) is 0 Å². The van der Waals surface area contributed by atoms with Gasteiger partial charge in [-0.05, 0) is 11.5 Å². The van der Waals surface area contributed by atoms with E-state index in [4.69, 9.17) is 4.74 Å². The number of hydrogen-bond donors (Lipinski definition) is 1. The number of carbonyl (C=O) groups excluding carboxylic acids is 1. The van der Waals surface area contributed by atoms with Gasteiger partial charge in [-0.25, -0.2) is 4.79 Å². The number of halogens is 1. The molecule has 5 heteroatoms. The molecule has 1 atom stereocenters. The van der Waals surface area contributed by atoms with E-state index in [0.717, 1.165) is 25.2 Å². The van der Waals surface area contributed by atoms with Gasteiger partial charge in [-0.2, -0.15) is 0 Å². The molecule has 1 aromatic carbocycles. The van der Waals surface area contributed by atoms with Crippen molar-refractivity contribution in [1.82, 2.24) is 10.2 Å². The lowest BCUT2D eigenvalue weighted by atomic mass is 10.0. The van der Waals surface area contributed by atoms with Crippen LogP contribution < -0.4 is 5.32 Å². The van der Waals surface area contributed by atoms with Crippen LogP contribution in [0.2, 0.25) is 0 Å². The Morgan fingerprint density at radius 2 is 2.10 bits per heavy atom. The Labute approximate surface area is 126 Å². The Morgan fingerprint density at radius 1 is 1.40 bits per heavy atom. The normalized spacial score (nSPS) is 18.6. The summed E-state index contributed by atoms with van der Waals surface area (Å²) in [5, 5.41) is 3.43. The summed E-state index contributed by atoms with van der Waals surface area (Å²) in [5.41, 5.74) is 1.02. The Balaban J connectivity index is 0.00000200. The first kappa shape index (κ1) is 16.8. The average Bonchev–Trinajstić information content (AvgIpc) is 2.46. The van der Waals surface area contributed by atoms with Crippen molar-refractivity contribution in [3.05, 3.63) is 35.9 Å². The van der Waals surface area contributed by atoms with Crippen LogP contribution in [-0.2, 0) is 11.3 Å². The summed E-state index contributed by atoms with van der Waals surface area (Å²) >= 11 is 0. The molecule has 20 heavy (non-hydrogen) atoms. The summed E-state index contributed by atoms with van der Waals surface area (Å²) in [6.45, 7) is 6.95. The molecule has 1 amide bonds. The van der Waals surface area contributed by atoms with Crippen molar-refractivity contribution in [2.75, 3.05) is 19.6 Å². The highest BCUT2D eigenvalue weighted by molar-refractivity contribution is 5.85. The van der Waals surface area contributed by atoms with Crippen LogP contribution in [0.4, 0.5) is 4.79 Å². The molecule has 0 aliphatic carbocycles. The lowest BCUT2D eigenvalue weighted by Gasteiger charge is -2.35. The molecular formula is C15H23ClN2O2. The van der Waals surface area contributed by atoms with Crippen LogP contribution in [0.25, 0.3) is 0 Å². The summed E-state index contributed by atoms with van der Waals surface area (Å²) in [6, 6.07) is 10.1. The molecule has 1 aromatic rings. The van der Waals surface area contributed by atoms with Crippen molar-refractivity contribution in [3.63, 3.8) is 0 Å². The van der Waals surface area contributed by atoms with Crippen LogP contribution in [0.5, 0.6) is 0 Å². The molecule has 0 saturated carbocycles. The zero-order valence-corrected chi connectivity index (χ0v) is 12.9. The largest absolute Gasteiger partial charge is 0.445 e. The number of ether oxygens (including phenoxy) is 1. The molecular weight excluding hydrogens is 276 g/mol. The van der Waals surface area contributed by atoms with Crippen LogP contribution in [0.3, 0.4) is 0 Å². The molecule has 112 valence electrons. The minimum atomic E-state index is -0.212. The molecule has 1 unspecified atom stereocenters. The molecule has 1 aliphatic heterocycles. The fourth-order valence-electron chi connectivity index (χ4n) is 2.20. The van der Waals surface area contributed by atoms with E-state index in [1.807, 2.05) is 30.3 Å². The lowest BCUT2D eigenvalue weighted by molar-refractivity contribution is 0.0809. The Bertz CT molecular complexity index is 412. The third-order valence-corrected chi connectivity index (χ3v) is 3.47. The van der Waals surface area contributed by atoms with E-state index in [1.54, 1.807) is 4.90 Å². The van der Waals surface area contributed by atoms with E-state index in [-0.39, 0.29) is 18.5 Å². The number of hydrogen-bond acceptors (Lipinski definition) is 3. The average molecular weight is 299 g/mol. The van der Waals surface area contributed by atoms with Gasteiger partial charge in [-0.1, -0.05) is 44.2 Å². The third kappa shape index (κ3) is 4.69. The second-order valence-corrected chi connectivity index (χ2v) is 5.29. The molecule has 1 N–H and O–H groups in total. The Hall–Kier alpha value is -1.26. The molecule has 4 nitrogen and oxygen atoms in total. The number of amides is 1. The maximum Gasteiger partial charge on any atom is 0.410 e. The number of carbonyl (C=O) groups is 1. The summed E-state index contributed by atoms with van der Waals surface area (Å²) in [4.78, 5) is 13.8. The van der Waals surface area contributed by atoms with Crippen LogP contribution in [0.15, 0.2) is 30.3 Å². The van der Waals surface area contributed by atoms with Crippen molar-refractivity contribution >= 4 is 18.5 Å². The maximum atomic E-state index is 12.0. The predicted molar refractivity (Wildman–Crippen MR) is 82.1 cm³/mol. The van der Waals surface area contributed by atoms with E-state index in [1.165, 1.54) is 0 Å².